The van der Waals surface area contributed by atoms with E-state index in [0.29, 0.717) is 12.2 Å². The maximum Gasteiger partial charge on any atom is 0.295 e. The lowest BCUT2D eigenvalue weighted by molar-refractivity contribution is -0.140. The molecule has 2 aliphatic rings. The number of carbonyl (C=O) groups excluding carboxylic acids is 2. The molecule has 2 heterocycles. The molecule has 2 aromatic carbocycles. The van der Waals surface area contributed by atoms with Crippen LogP contribution in [0.4, 0.5) is 0 Å². The molecule has 0 aliphatic carbocycles. The predicted molar refractivity (Wildman–Crippen MR) is 117 cm³/mol. The van der Waals surface area contributed by atoms with Gasteiger partial charge in [-0.3, -0.25) is 9.59 Å². The maximum absolute atomic E-state index is 13.0. The fourth-order valence-electron chi connectivity index (χ4n) is 4.11. The Morgan fingerprint density at radius 3 is 2.45 bits per heavy atom. The third-order valence-corrected chi connectivity index (χ3v) is 6.12. The Balaban J connectivity index is 1.84. The summed E-state index contributed by atoms with van der Waals surface area (Å²) in [6, 6.07) is 11.3. The number of halogens is 2. The molecule has 6 nitrogen and oxygen atoms in total. The van der Waals surface area contributed by atoms with Crippen LogP contribution in [0.3, 0.4) is 0 Å². The van der Waals surface area contributed by atoms with E-state index in [0.717, 1.165) is 12.8 Å². The van der Waals surface area contributed by atoms with Gasteiger partial charge in [0, 0.05) is 18.7 Å². The number of hydrogen-bond donors (Lipinski definition) is 1. The lowest BCUT2D eigenvalue weighted by atomic mass is 9.95. The van der Waals surface area contributed by atoms with Crippen LogP contribution in [0.1, 0.15) is 30.0 Å². The van der Waals surface area contributed by atoms with Gasteiger partial charge >= 0.3 is 0 Å². The Hall–Kier alpha value is -2.54. The highest BCUT2D eigenvalue weighted by molar-refractivity contribution is 6.46. The Morgan fingerprint density at radius 2 is 1.87 bits per heavy atom. The van der Waals surface area contributed by atoms with E-state index < -0.39 is 17.7 Å². The molecule has 2 fully saturated rings. The van der Waals surface area contributed by atoms with Crippen LogP contribution in [0.5, 0.6) is 5.75 Å². The second-order valence-electron chi connectivity index (χ2n) is 7.47. The number of aliphatic hydroxyl groups excluding tert-OH is 1. The quantitative estimate of drug-likeness (QED) is 0.399. The molecule has 0 aromatic heterocycles. The molecule has 0 radical (unpaired) electrons. The van der Waals surface area contributed by atoms with Crippen molar-refractivity contribution in [3.8, 4) is 5.75 Å². The second kappa shape index (κ2) is 8.91. The van der Waals surface area contributed by atoms with Crippen LogP contribution in [-0.4, -0.2) is 48.1 Å². The minimum absolute atomic E-state index is 0.00787. The first-order valence-corrected chi connectivity index (χ1v) is 10.7. The molecule has 31 heavy (non-hydrogen) atoms. The van der Waals surface area contributed by atoms with Gasteiger partial charge in [-0.15, -0.1) is 0 Å². The third-order valence-electron chi connectivity index (χ3n) is 5.56. The number of methoxy groups -OCH3 is 1. The van der Waals surface area contributed by atoms with Crippen molar-refractivity contribution in [2.75, 3.05) is 20.3 Å². The van der Waals surface area contributed by atoms with Gasteiger partial charge in [-0.05, 0) is 30.5 Å². The molecule has 1 N–H and O–H groups in total. The number of Topliss-reactive ketones (excluding diaryl/α,β-unsaturated/α-hetero) is 1. The smallest absolute Gasteiger partial charge is 0.295 e. The number of likely N-dealkylation sites (tertiary alicyclic amines) is 1. The molecule has 2 unspecified atom stereocenters. The number of nitrogens with zero attached hydrogens (tertiary/aromatic N) is 1. The molecule has 2 saturated heterocycles. The van der Waals surface area contributed by atoms with E-state index in [9.17, 15) is 14.7 Å². The first-order chi connectivity index (χ1) is 14.9. The summed E-state index contributed by atoms with van der Waals surface area (Å²) in [6.45, 7) is 0.901. The van der Waals surface area contributed by atoms with Crippen LogP contribution in [0.15, 0.2) is 48.0 Å². The number of amides is 1. The van der Waals surface area contributed by atoms with E-state index in [4.69, 9.17) is 32.7 Å². The molecule has 2 aromatic rings. The second-order valence-corrected chi connectivity index (χ2v) is 8.28. The zero-order valence-electron chi connectivity index (χ0n) is 16.8. The summed E-state index contributed by atoms with van der Waals surface area (Å²) in [5.74, 6) is -1.50. The van der Waals surface area contributed by atoms with Crippen molar-refractivity contribution >= 4 is 40.7 Å². The van der Waals surface area contributed by atoms with E-state index in [2.05, 4.69) is 0 Å². The number of benzene rings is 2. The van der Waals surface area contributed by atoms with Gasteiger partial charge in [0.05, 0.1) is 34.9 Å². The Labute approximate surface area is 190 Å². The molecule has 0 saturated carbocycles. The van der Waals surface area contributed by atoms with Gasteiger partial charge in [-0.25, -0.2) is 0 Å². The molecule has 8 heteroatoms. The van der Waals surface area contributed by atoms with E-state index in [1.54, 1.807) is 0 Å². The molecule has 1 amide bonds. The standard InChI is InChI=1S/C23H21Cl2NO5/c1-30-22-16(24)10-14(11-17(22)25)20(27)18-19(13-6-3-2-4-7-13)26(23(29)21(18)28)12-15-8-5-9-31-15/h2-4,6-7,10-11,15,19,27H,5,8-9,12H2,1H3/b20-18+. The summed E-state index contributed by atoms with van der Waals surface area (Å²) < 4.78 is 10.8. The lowest BCUT2D eigenvalue weighted by Gasteiger charge is -2.27. The molecule has 4 rings (SSSR count). The minimum Gasteiger partial charge on any atom is -0.507 e. The van der Waals surface area contributed by atoms with Crippen LogP contribution < -0.4 is 4.74 Å². The monoisotopic (exact) mass is 461 g/mol. The van der Waals surface area contributed by atoms with Crippen molar-refractivity contribution in [1.29, 1.82) is 0 Å². The molecule has 0 bridgehead atoms. The first-order valence-electron chi connectivity index (χ1n) is 9.90. The highest BCUT2D eigenvalue weighted by Gasteiger charge is 2.47. The number of aliphatic hydroxyl groups is 1. The van der Waals surface area contributed by atoms with Crippen LogP contribution in [-0.2, 0) is 14.3 Å². The zero-order chi connectivity index (χ0) is 22.1. The van der Waals surface area contributed by atoms with E-state index in [1.165, 1.54) is 24.1 Å². The van der Waals surface area contributed by atoms with Gasteiger partial charge in [0.2, 0.25) is 0 Å². The van der Waals surface area contributed by atoms with Crippen LogP contribution in [0.25, 0.3) is 5.76 Å². The summed E-state index contributed by atoms with van der Waals surface area (Å²) in [6.07, 6.45) is 1.58. The van der Waals surface area contributed by atoms with Crippen molar-refractivity contribution in [3.05, 3.63) is 69.2 Å². The minimum atomic E-state index is -0.757. The first kappa shape index (κ1) is 21.7. The van der Waals surface area contributed by atoms with Crippen molar-refractivity contribution < 1.29 is 24.2 Å². The number of ether oxygens (including phenoxy) is 2. The SMILES string of the molecule is COc1c(Cl)cc(/C(O)=C2\C(=O)C(=O)N(CC3CCCO3)C2c2ccccc2)cc1Cl. The Bertz CT molecular complexity index is 1020. The summed E-state index contributed by atoms with van der Waals surface area (Å²) in [4.78, 5) is 27.5. The van der Waals surface area contributed by atoms with Crippen LogP contribution in [0.2, 0.25) is 10.0 Å². The average Bonchev–Trinajstić information content (AvgIpc) is 3.36. The van der Waals surface area contributed by atoms with Crippen molar-refractivity contribution in [2.24, 2.45) is 0 Å². The average molecular weight is 462 g/mol. The van der Waals surface area contributed by atoms with E-state index >= 15 is 0 Å². The summed E-state index contributed by atoms with van der Waals surface area (Å²) >= 11 is 12.4. The van der Waals surface area contributed by atoms with Gasteiger partial charge in [0.15, 0.2) is 5.75 Å². The van der Waals surface area contributed by atoms with Crippen LogP contribution in [0, 0.1) is 0 Å². The highest BCUT2D eigenvalue weighted by atomic mass is 35.5. The zero-order valence-corrected chi connectivity index (χ0v) is 18.3. The summed E-state index contributed by atoms with van der Waals surface area (Å²) in [7, 11) is 1.43. The number of rotatable bonds is 5. The van der Waals surface area contributed by atoms with E-state index in [-0.39, 0.29) is 45.3 Å². The van der Waals surface area contributed by atoms with Gasteiger partial charge in [-0.1, -0.05) is 53.5 Å². The topological polar surface area (TPSA) is 76.1 Å². The predicted octanol–water partition coefficient (Wildman–Crippen LogP) is 4.60. The summed E-state index contributed by atoms with van der Waals surface area (Å²) in [5, 5.41) is 11.5. The number of hydrogen-bond acceptors (Lipinski definition) is 5. The van der Waals surface area contributed by atoms with Crippen LogP contribution >= 0.6 is 23.2 Å². The van der Waals surface area contributed by atoms with Gasteiger partial charge in [-0.2, -0.15) is 0 Å². The fraction of sp³-hybridized carbons (Fsp3) is 0.304. The molecule has 2 aliphatic heterocycles. The molecule has 2 atom stereocenters. The van der Waals surface area contributed by atoms with Crippen molar-refractivity contribution in [3.63, 3.8) is 0 Å². The van der Waals surface area contributed by atoms with Gasteiger partial charge in [0.1, 0.15) is 5.76 Å². The number of carbonyl (C=O) groups is 2. The van der Waals surface area contributed by atoms with E-state index in [1.807, 2.05) is 30.3 Å². The largest absolute Gasteiger partial charge is 0.507 e. The molecule has 0 spiro atoms. The maximum atomic E-state index is 13.0. The fourth-order valence-corrected chi connectivity index (χ4v) is 4.75. The third kappa shape index (κ3) is 4.03. The van der Waals surface area contributed by atoms with Crippen molar-refractivity contribution in [1.82, 2.24) is 4.90 Å². The molecule has 162 valence electrons. The molecular weight excluding hydrogens is 441 g/mol. The Morgan fingerprint density at radius 1 is 1.19 bits per heavy atom. The van der Waals surface area contributed by atoms with Gasteiger partial charge < -0.3 is 19.5 Å². The van der Waals surface area contributed by atoms with Crippen molar-refractivity contribution in [2.45, 2.75) is 25.0 Å². The normalized spacial score (nSPS) is 22.9. The lowest BCUT2D eigenvalue weighted by Crippen LogP contribution is -2.36. The number of ketones is 1. The highest BCUT2D eigenvalue weighted by Crippen LogP contribution is 2.42. The molecular formula is C23H21Cl2NO5. The summed E-state index contributed by atoms with van der Waals surface area (Å²) in [5.41, 5.74) is 0.935. The van der Waals surface area contributed by atoms with Gasteiger partial charge in [0.25, 0.3) is 11.7 Å². The Kier molecular flexibility index (Phi) is 6.23.